The number of piperidine rings is 1. The Kier molecular flexibility index (Phi) is 2.99. The summed E-state index contributed by atoms with van der Waals surface area (Å²) < 4.78 is 33.8. The van der Waals surface area contributed by atoms with E-state index in [1.54, 1.807) is 23.9 Å². The van der Waals surface area contributed by atoms with E-state index >= 15 is 0 Å². The number of likely N-dealkylation sites (N-methyl/N-ethyl adjacent to an activating group) is 1. The molecule has 7 nitrogen and oxygen atoms in total. The molecule has 3 rings (SSSR count). The number of hydrogen-bond donors (Lipinski definition) is 2. The average Bonchev–Trinajstić information content (AvgIpc) is 3.10. The molecule has 120 valence electrons. The summed E-state index contributed by atoms with van der Waals surface area (Å²) in [6, 6.07) is 0.530. The zero-order valence-electron chi connectivity index (χ0n) is 17.1. The molecule has 0 bridgehead atoms. The predicted molar refractivity (Wildman–Crippen MR) is 87.3 cm³/mol. The summed E-state index contributed by atoms with van der Waals surface area (Å²) in [6.45, 7) is 6.44. The predicted octanol–water partition coefficient (Wildman–Crippen LogP) is 0.449. The minimum atomic E-state index is -2.63. The minimum absolute atomic E-state index is 0.0477. The standard InChI is InChI=1S/C16H20N6O/c1-11-5-7-22(14(23)8-17-2)9-13(11)21(3)16-12-4-6-18-15(12)19-10-20-16/h4,6,10-11,13H,5,7-9H2,1,3H3,(H,18,19,20)/p+1/t11-,13-/m1/s1/i8D2,10D,13D. The first-order valence-corrected chi connectivity index (χ1v) is 7.39. The molecule has 1 aliphatic rings. The van der Waals surface area contributed by atoms with Crippen molar-refractivity contribution in [2.45, 2.75) is 19.4 Å². The van der Waals surface area contributed by atoms with Crippen molar-refractivity contribution < 1.29 is 10.3 Å². The van der Waals surface area contributed by atoms with E-state index in [1.165, 1.54) is 4.90 Å². The van der Waals surface area contributed by atoms with Crippen LogP contribution in [-0.2, 0) is 4.79 Å². The smallest absolute Gasteiger partial charge is 0.302 e. The Morgan fingerprint density at radius 2 is 2.57 bits per heavy atom. The van der Waals surface area contributed by atoms with E-state index in [0.717, 1.165) is 0 Å². The Bertz CT molecular complexity index is 1010. The third-order valence-electron chi connectivity index (χ3n) is 4.28. The van der Waals surface area contributed by atoms with Gasteiger partial charge in [0.2, 0.25) is 0 Å². The van der Waals surface area contributed by atoms with Gasteiger partial charge in [0.15, 0.2) is 6.30 Å². The van der Waals surface area contributed by atoms with Crippen molar-refractivity contribution in [2.24, 2.45) is 5.92 Å². The van der Waals surface area contributed by atoms with Crippen molar-refractivity contribution >= 4 is 16.9 Å². The molecule has 1 saturated heterocycles. The number of nitrogens with zero attached hydrogens (tertiary/aromatic N) is 4. The molecule has 23 heavy (non-hydrogen) atoms. The van der Waals surface area contributed by atoms with Crippen LogP contribution in [0.2, 0.25) is 0 Å². The number of aromatic amines is 2. The van der Waals surface area contributed by atoms with E-state index < -0.39 is 18.4 Å². The fraction of sp³-hybridized carbons (Fsp3) is 0.500. The number of nitrogens with one attached hydrogen (secondary N) is 2. The minimum Gasteiger partial charge on any atom is -0.346 e. The fourth-order valence-corrected chi connectivity index (χ4v) is 2.93. The summed E-state index contributed by atoms with van der Waals surface area (Å²) in [5, 5.41) is 0.715. The molecule has 0 aliphatic carbocycles. The molecule has 1 fully saturated rings. The van der Waals surface area contributed by atoms with Gasteiger partial charge in [-0.2, -0.15) is 4.98 Å². The average molecular weight is 317 g/mol. The number of H-pyrrole nitrogens is 2. The molecule has 0 spiro atoms. The van der Waals surface area contributed by atoms with Crippen LogP contribution in [0.4, 0.5) is 0 Å². The molecule has 1 aliphatic heterocycles. The van der Waals surface area contributed by atoms with Crippen LogP contribution in [0, 0.1) is 12.5 Å². The lowest BCUT2D eigenvalue weighted by molar-refractivity contribution is -0.131. The van der Waals surface area contributed by atoms with Gasteiger partial charge in [-0.15, -0.1) is 0 Å². The lowest BCUT2D eigenvalue weighted by atomic mass is 9.93. The van der Waals surface area contributed by atoms with E-state index in [2.05, 4.69) is 19.8 Å². The van der Waals surface area contributed by atoms with Gasteiger partial charge < -0.3 is 14.7 Å². The van der Waals surface area contributed by atoms with Gasteiger partial charge in [0.25, 0.3) is 12.0 Å². The SMILES string of the molecule is [2H]c1nc2[nH]ccc2c(=[N+](C)[C@]2([2H])CN(C(=O)C([2H])([2H])[N+]#[C-])CC[C@H]2C)[nH]1. The Morgan fingerprint density at radius 3 is 3.35 bits per heavy atom. The van der Waals surface area contributed by atoms with Gasteiger partial charge in [0.1, 0.15) is 21.2 Å². The van der Waals surface area contributed by atoms with Crippen molar-refractivity contribution in [3.8, 4) is 0 Å². The second-order valence-electron chi connectivity index (χ2n) is 5.63. The van der Waals surface area contributed by atoms with Crippen LogP contribution in [0.5, 0.6) is 0 Å². The normalized spacial score (nSPS) is 29.1. The highest BCUT2D eigenvalue weighted by atomic mass is 16.2. The van der Waals surface area contributed by atoms with Crippen LogP contribution in [0.15, 0.2) is 18.6 Å². The number of carbonyl (C=O) groups excluding carboxylic acids is 1. The Balaban J connectivity index is 2.11. The first kappa shape index (κ1) is 11.0. The number of fused-ring (bicyclic) bond motifs is 1. The van der Waals surface area contributed by atoms with Gasteiger partial charge in [-0.1, -0.05) is 6.92 Å². The lowest BCUT2D eigenvalue weighted by Gasteiger charge is -2.35. The summed E-state index contributed by atoms with van der Waals surface area (Å²) in [6.07, 6.45) is 2.14. The van der Waals surface area contributed by atoms with Crippen molar-refractivity contribution in [2.75, 3.05) is 26.6 Å². The zero-order chi connectivity index (χ0) is 20.0. The molecule has 0 radical (unpaired) electrons. The number of aromatic nitrogens is 3. The molecular formula is C16H21N6O+. The van der Waals surface area contributed by atoms with Gasteiger partial charge in [0, 0.05) is 12.7 Å². The fourth-order valence-electron chi connectivity index (χ4n) is 2.93. The maximum atomic E-state index is 12.4. The van der Waals surface area contributed by atoms with Crippen LogP contribution in [-0.4, -0.2) is 58.4 Å². The van der Waals surface area contributed by atoms with Crippen LogP contribution in [0.3, 0.4) is 0 Å². The highest BCUT2D eigenvalue weighted by molar-refractivity contribution is 5.79. The van der Waals surface area contributed by atoms with E-state index in [-0.39, 0.29) is 18.8 Å². The van der Waals surface area contributed by atoms with Crippen LogP contribution < -0.4 is 10.1 Å². The third-order valence-corrected chi connectivity index (χ3v) is 4.28. The second kappa shape index (κ2) is 6.24. The number of carbonyl (C=O) groups is 1. The van der Waals surface area contributed by atoms with E-state index in [1.807, 2.05) is 6.92 Å². The summed E-state index contributed by atoms with van der Waals surface area (Å²) in [7, 11) is 1.71. The maximum Gasteiger partial charge on any atom is 0.302 e. The molecule has 2 aromatic rings. The Morgan fingerprint density at radius 1 is 1.74 bits per heavy atom. The second-order valence-corrected chi connectivity index (χ2v) is 5.63. The van der Waals surface area contributed by atoms with E-state index in [4.69, 9.17) is 12.1 Å². The number of rotatable bonds is 2. The van der Waals surface area contributed by atoms with Gasteiger partial charge in [-0.25, -0.2) is 11.6 Å². The largest absolute Gasteiger partial charge is 0.346 e. The van der Waals surface area contributed by atoms with Crippen LogP contribution in [0.1, 0.15) is 18.8 Å². The van der Waals surface area contributed by atoms with Gasteiger partial charge >= 0.3 is 5.91 Å². The number of likely N-dealkylation sites (tertiary alicyclic amines) is 1. The zero-order valence-corrected chi connectivity index (χ0v) is 13.1. The van der Waals surface area contributed by atoms with E-state index in [9.17, 15) is 4.79 Å². The molecule has 2 N–H and O–H groups in total. The highest BCUT2D eigenvalue weighted by Crippen LogP contribution is 2.18. The lowest BCUT2D eigenvalue weighted by Crippen LogP contribution is -2.54. The first-order chi connectivity index (χ1) is 12.6. The van der Waals surface area contributed by atoms with Crippen molar-refractivity contribution in [3.05, 3.63) is 35.5 Å². The van der Waals surface area contributed by atoms with Gasteiger partial charge in [0.05, 0.1) is 15.0 Å². The maximum absolute atomic E-state index is 12.4. The molecule has 0 unspecified atom stereocenters. The molecule has 3 heterocycles. The topological polar surface area (TPSA) is 72.2 Å². The molecule has 1 amide bonds. The molecular weight excluding hydrogens is 292 g/mol. The third kappa shape index (κ3) is 2.84. The Labute approximate surface area is 140 Å². The van der Waals surface area contributed by atoms with Crippen molar-refractivity contribution in [3.63, 3.8) is 0 Å². The Hall–Kier alpha value is -2.62. The number of hydrogen-bond acceptors (Lipinski definition) is 2. The van der Waals surface area contributed by atoms with Crippen molar-refractivity contribution in [1.29, 1.82) is 0 Å². The summed E-state index contributed by atoms with van der Waals surface area (Å²) in [5.41, 5.74) is 1.04. The van der Waals surface area contributed by atoms with E-state index in [0.29, 0.717) is 29.5 Å². The summed E-state index contributed by atoms with van der Waals surface area (Å²) >= 11 is 0. The quantitative estimate of drug-likeness (QED) is 0.623. The first-order valence-electron chi connectivity index (χ1n) is 9.39. The monoisotopic (exact) mass is 317 g/mol. The summed E-state index contributed by atoms with van der Waals surface area (Å²) in [4.78, 5) is 26.3. The van der Waals surface area contributed by atoms with Crippen LogP contribution >= 0.6 is 0 Å². The van der Waals surface area contributed by atoms with Gasteiger partial charge in [-0.3, -0.25) is 9.37 Å². The highest BCUT2D eigenvalue weighted by Gasteiger charge is 2.33. The van der Waals surface area contributed by atoms with Crippen molar-refractivity contribution in [1.82, 2.24) is 24.4 Å². The molecule has 7 heteroatoms. The molecule has 0 aromatic carbocycles. The molecule has 2 atom stereocenters. The molecule has 0 saturated carbocycles. The van der Waals surface area contributed by atoms with Crippen LogP contribution in [0.25, 0.3) is 15.9 Å². The van der Waals surface area contributed by atoms with Gasteiger partial charge in [-0.05, 0) is 18.4 Å². The number of amides is 1. The molecule has 2 aromatic heterocycles. The summed E-state index contributed by atoms with van der Waals surface area (Å²) in [5.74, 6) is -1.05.